The fourth-order valence-electron chi connectivity index (χ4n) is 5.68. The second-order valence-electron chi connectivity index (χ2n) is 13.5. The summed E-state index contributed by atoms with van der Waals surface area (Å²) in [6, 6.07) is 0. The van der Waals surface area contributed by atoms with Crippen LogP contribution in [-0.4, -0.2) is 35.6 Å². The summed E-state index contributed by atoms with van der Waals surface area (Å²) in [5, 5.41) is 11.1. The molecule has 0 aliphatic rings. The van der Waals surface area contributed by atoms with Gasteiger partial charge in [-0.3, -0.25) is 14.4 Å². The summed E-state index contributed by atoms with van der Waals surface area (Å²) < 4.78 is 5.97. The summed E-state index contributed by atoms with van der Waals surface area (Å²) >= 11 is 0. The maximum atomic E-state index is 12.7. The Hall–Kier alpha value is -2.89. The quantitative estimate of drug-likeness (QED) is 0.0386. The lowest BCUT2D eigenvalue weighted by Crippen LogP contribution is -2.28. The number of rotatable bonds is 36. The molecule has 0 aliphatic heterocycles. The number of allylic oxidation sites excluding steroid dienone is 10. The first kappa shape index (κ1) is 47.1. The Kier molecular flexibility index (Phi) is 36.7. The molecule has 1 unspecified atom stereocenters. The molecule has 1 amide bonds. The van der Waals surface area contributed by atoms with E-state index in [1.54, 1.807) is 0 Å². The highest BCUT2D eigenvalue weighted by Gasteiger charge is 2.14. The third-order valence-corrected chi connectivity index (χ3v) is 8.68. The maximum Gasteiger partial charge on any atom is 0.322 e. The van der Waals surface area contributed by atoms with Crippen molar-refractivity contribution in [2.24, 2.45) is 0 Å². The van der Waals surface area contributed by atoms with Gasteiger partial charge in [-0.15, -0.1) is 0 Å². The average Bonchev–Trinajstić information content (AvgIpc) is 3.10. The number of hydrogen-bond donors (Lipinski definition) is 2. The van der Waals surface area contributed by atoms with Crippen LogP contribution in [0.4, 0.5) is 0 Å². The van der Waals surface area contributed by atoms with E-state index in [9.17, 15) is 14.4 Å². The molecule has 286 valence electrons. The van der Waals surface area contributed by atoms with E-state index in [2.05, 4.69) is 79.9 Å². The van der Waals surface area contributed by atoms with E-state index < -0.39 is 5.97 Å². The smallest absolute Gasteiger partial charge is 0.322 e. The van der Waals surface area contributed by atoms with Gasteiger partial charge in [-0.1, -0.05) is 145 Å². The van der Waals surface area contributed by atoms with Crippen molar-refractivity contribution in [2.45, 2.75) is 193 Å². The summed E-state index contributed by atoms with van der Waals surface area (Å²) in [5.41, 5.74) is 0. The van der Waals surface area contributed by atoms with Crippen molar-refractivity contribution in [3.05, 3.63) is 60.8 Å². The number of esters is 1. The molecule has 0 aromatic carbocycles. The monoisotopic (exact) mass is 698 g/mol. The molecule has 6 nitrogen and oxygen atoms in total. The lowest BCUT2D eigenvalue weighted by atomic mass is 10.0. The molecule has 0 rings (SSSR count). The average molecular weight is 698 g/mol. The molecule has 0 spiro atoms. The van der Waals surface area contributed by atoms with Gasteiger partial charge in [-0.25, -0.2) is 0 Å². The molecule has 0 heterocycles. The topological polar surface area (TPSA) is 92.7 Å². The van der Waals surface area contributed by atoms with Gasteiger partial charge in [-0.2, -0.15) is 0 Å². The number of unbranched alkanes of at least 4 members (excludes halogenated alkanes) is 15. The van der Waals surface area contributed by atoms with Gasteiger partial charge in [0, 0.05) is 12.8 Å². The Morgan fingerprint density at radius 3 is 1.60 bits per heavy atom. The first-order valence-electron chi connectivity index (χ1n) is 20.4. The first-order chi connectivity index (χ1) is 24.5. The summed E-state index contributed by atoms with van der Waals surface area (Å²) in [6.07, 6.45) is 50.5. The lowest BCUT2D eigenvalue weighted by Gasteiger charge is -2.17. The second-order valence-corrected chi connectivity index (χ2v) is 13.5. The fourth-order valence-corrected chi connectivity index (χ4v) is 5.68. The van der Waals surface area contributed by atoms with Crippen molar-refractivity contribution in [3.63, 3.8) is 0 Å². The first-order valence-corrected chi connectivity index (χ1v) is 20.4. The Balaban J connectivity index is 4.32. The van der Waals surface area contributed by atoms with Gasteiger partial charge in [0.15, 0.2) is 0 Å². The van der Waals surface area contributed by atoms with E-state index in [0.717, 1.165) is 89.9 Å². The van der Waals surface area contributed by atoms with Crippen LogP contribution in [0, 0.1) is 0 Å². The van der Waals surface area contributed by atoms with E-state index in [1.165, 1.54) is 70.6 Å². The number of carbonyl (C=O) groups excluding carboxylic acids is 2. The molecule has 0 aromatic rings. The maximum absolute atomic E-state index is 12.7. The molecule has 0 saturated carbocycles. The van der Waals surface area contributed by atoms with Gasteiger partial charge < -0.3 is 15.2 Å². The van der Waals surface area contributed by atoms with Crippen LogP contribution in [0.1, 0.15) is 187 Å². The Labute approximate surface area is 307 Å². The largest absolute Gasteiger partial charge is 0.480 e. The molecule has 0 aliphatic carbocycles. The lowest BCUT2D eigenvalue weighted by molar-refractivity contribution is -0.150. The summed E-state index contributed by atoms with van der Waals surface area (Å²) in [4.78, 5) is 35.0. The number of carbonyl (C=O) groups is 3. The standard InChI is InChI=1S/C44H75NO5/c1-3-5-7-9-11-13-15-17-18-20-22-24-26-31-35-39-44(49)50-41(37-33-29-27-30-34-38-42(46)45-40-43(47)48)36-32-28-25-23-21-19-16-14-12-10-8-6-4-2/h6,8,12,14,17-19,21,25,28,41H,3-5,7,9-11,13,15-16,20,22-24,26-27,29-40H2,1-2H3,(H,45,46)(H,47,48)/b8-6-,14-12-,18-17-,21-19-,28-25-. The minimum atomic E-state index is -1.02. The van der Waals surface area contributed by atoms with Crippen LogP contribution in [0.2, 0.25) is 0 Å². The van der Waals surface area contributed by atoms with Crippen LogP contribution in [0.15, 0.2) is 60.8 Å². The SMILES string of the molecule is CC/C=C\C/C=C\C/C=C\C/C=C\CCC(CCCCCCCC(=O)NCC(=O)O)OC(=O)CCCCCCC/C=C\CCCCCCCC. The van der Waals surface area contributed by atoms with Crippen LogP contribution in [0.3, 0.4) is 0 Å². The van der Waals surface area contributed by atoms with E-state index in [0.29, 0.717) is 12.8 Å². The minimum absolute atomic E-state index is 0.0560. The number of ether oxygens (including phenoxy) is 1. The van der Waals surface area contributed by atoms with Gasteiger partial charge in [-0.05, 0) is 89.9 Å². The Bertz CT molecular complexity index is 948. The van der Waals surface area contributed by atoms with Gasteiger partial charge >= 0.3 is 11.9 Å². The van der Waals surface area contributed by atoms with Crippen LogP contribution >= 0.6 is 0 Å². The zero-order valence-electron chi connectivity index (χ0n) is 32.2. The van der Waals surface area contributed by atoms with E-state index in [1.807, 2.05) is 0 Å². The molecule has 6 heteroatoms. The van der Waals surface area contributed by atoms with E-state index in [4.69, 9.17) is 9.84 Å². The summed E-state index contributed by atoms with van der Waals surface area (Å²) in [6.45, 7) is 4.09. The molecular formula is C44H75NO5. The molecule has 2 N–H and O–H groups in total. The number of aliphatic carboxylic acids is 1. The van der Waals surface area contributed by atoms with Crippen molar-refractivity contribution in [3.8, 4) is 0 Å². The highest BCUT2D eigenvalue weighted by Crippen LogP contribution is 2.17. The second kappa shape index (κ2) is 38.9. The predicted molar refractivity (Wildman–Crippen MR) is 212 cm³/mol. The molecule has 1 atom stereocenters. The summed E-state index contributed by atoms with van der Waals surface area (Å²) in [7, 11) is 0. The van der Waals surface area contributed by atoms with Gasteiger partial charge in [0.05, 0.1) is 0 Å². The van der Waals surface area contributed by atoms with E-state index in [-0.39, 0.29) is 24.5 Å². The van der Waals surface area contributed by atoms with Crippen LogP contribution in [-0.2, 0) is 19.1 Å². The fraction of sp³-hybridized carbons (Fsp3) is 0.705. The Morgan fingerprint density at radius 2 is 1.02 bits per heavy atom. The van der Waals surface area contributed by atoms with Crippen LogP contribution in [0.25, 0.3) is 0 Å². The normalized spacial score (nSPS) is 12.7. The number of amides is 1. The molecule has 0 radical (unpaired) electrons. The predicted octanol–water partition coefficient (Wildman–Crippen LogP) is 12.5. The third-order valence-electron chi connectivity index (χ3n) is 8.68. The van der Waals surface area contributed by atoms with Crippen LogP contribution < -0.4 is 5.32 Å². The van der Waals surface area contributed by atoms with Gasteiger partial charge in [0.25, 0.3) is 0 Å². The molecular weight excluding hydrogens is 622 g/mol. The van der Waals surface area contributed by atoms with Crippen LogP contribution in [0.5, 0.6) is 0 Å². The summed E-state index contributed by atoms with van der Waals surface area (Å²) in [5.74, 6) is -1.30. The minimum Gasteiger partial charge on any atom is -0.480 e. The molecule has 50 heavy (non-hydrogen) atoms. The number of carboxylic acid groups (broad SMARTS) is 1. The zero-order valence-corrected chi connectivity index (χ0v) is 32.2. The number of nitrogens with one attached hydrogen (secondary N) is 1. The van der Waals surface area contributed by atoms with Gasteiger partial charge in [0.1, 0.15) is 12.6 Å². The van der Waals surface area contributed by atoms with Gasteiger partial charge in [0.2, 0.25) is 5.91 Å². The molecule has 0 saturated heterocycles. The highest BCUT2D eigenvalue weighted by molar-refractivity contribution is 5.80. The third kappa shape index (κ3) is 37.9. The number of carboxylic acids is 1. The molecule has 0 aromatic heterocycles. The molecule has 0 fully saturated rings. The number of hydrogen-bond acceptors (Lipinski definition) is 4. The van der Waals surface area contributed by atoms with E-state index >= 15 is 0 Å². The van der Waals surface area contributed by atoms with Crippen molar-refractivity contribution < 1.29 is 24.2 Å². The Morgan fingerprint density at radius 1 is 0.540 bits per heavy atom. The van der Waals surface area contributed by atoms with Crippen molar-refractivity contribution >= 4 is 17.8 Å². The zero-order chi connectivity index (χ0) is 36.6. The van der Waals surface area contributed by atoms with Crippen molar-refractivity contribution in [1.82, 2.24) is 5.32 Å². The highest BCUT2D eigenvalue weighted by atomic mass is 16.5. The van der Waals surface area contributed by atoms with Crippen molar-refractivity contribution in [2.75, 3.05) is 6.54 Å². The van der Waals surface area contributed by atoms with Crippen molar-refractivity contribution in [1.29, 1.82) is 0 Å². The molecule has 0 bridgehead atoms.